The van der Waals surface area contributed by atoms with Gasteiger partial charge in [0.05, 0.1) is 0 Å². The van der Waals surface area contributed by atoms with E-state index in [9.17, 15) is 9.18 Å². The Morgan fingerprint density at radius 3 is 2.59 bits per heavy atom. The lowest BCUT2D eigenvalue weighted by atomic mass is 10.2. The van der Waals surface area contributed by atoms with E-state index >= 15 is 0 Å². The number of halogens is 1. The Labute approximate surface area is 97.3 Å². The maximum Gasteiger partial charge on any atom is 0.356 e. The summed E-state index contributed by atoms with van der Waals surface area (Å²) in [7, 11) is 0. The van der Waals surface area contributed by atoms with E-state index < -0.39 is 11.8 Å². The Bertz CT molecular complexity index is 590. The fraction of sp³-hybridized carbons (Fsp3) is 0.167. The number of hydrogen-bond donors (Lipinski definition) is 1. The van der Waals surface area contributed by atoms with Gasteiger partial charge in [0.2, 0.25) is 0 Å². The summed E-state index contributed by atoms with van der Waals surface area (Å²) in [5.41, 5.74) is 1.53. The highest BCUT2D eigenvalue weighted by Gasteiger charge is 2.14. The number of carboxylic acids is 1. The highest BCUT2D eigenvalue weighted by atomic mass is 19.1. The van der Waals surface area contributed by atoms with Crippen LogP contribution >= 0.6 is 0 Å². The van der Waals surface area contributed by atoms with Gasteiger partial charge in [0.15, 0.2) is 5.69 Å². The first-order valence-electron chi connectivity index (χ1n) is 5.05. The van der Waals surface area contributed by atoms with E-state index in [1.165, 1.54) is 16.8 Å². The number of benzene rings is 1. The molecule has 1 heterocycles. The van der Waals surface area contributed by atoms with Crippen LogP contribution in [0.15, 0.2) is 24.3 Å². The molecule has 0 saturated carbocycles. The van der Waals surface area contributed by atoms with E-state index in [2.05, 4.69) is 5.10 Å². The van der Waals surface area contributed by atoms with E-state index in [4.69, 9.17) is 5.11 Å². The lowest BCUT2D eigenvalue weighted by Crippen LogP contribution is -2.04. The van der Waals surface area contributed by atoms with Crippen LogP contribution in [0.4, 0.5) is 4.39 Å². The minimum Gasteiger partial charge on any atom is -0.476 e. The number of hydrogen-bond acceptors (Lipinski definition) is 2. The highest BCUT2D eigenvalue weighted by molar-refractivity contribution is 5.85. The molecule has 0 aliphatic heterocycles. The molecule has 0 radical (unpaired) electrons. The number of aromatic carboxylic acids is 1. The first kappa shape index (κ1) is 11.3. The van der Waals surface area contributed by atoms with Crippen LogP contribution in [-0.4, -0.2) is 20.9 Å². The summed E-state index contributed by atoms with van der Waals surface area (Å²) in [5, 5.41) is 12.7. The lowest BCUT2D eigenvalue weighted by Gasteiger charge is -2.06. The third kappa shape index (κ3) is 2.04. The lowest BCUT2D eigenvalue weighted by molar-refractivity contribution is 0.0690. The van der Waals surface area contributed by atoms with Crippen molar-refractivity contribution < 1.29 is 14.3 Å². The summed E-state index contributed by atoms with van der Waals surface area (Å²) < 4.78 is 15.0. The van der Waals surface area contributed by atoms with Gasteiger partial charge in [-0.1, -0.05) is 6.07 Å². The summed E-state index contributed by atoms with van der Waals surface area (Å²) in [6.07, 6.45) is 0. The monoisotopic (exact) mass is 234 g/mol. The highest BCUT2D eigenvalue weighted by Crippen LogP contribution is 2.17. The van der Waals surface area contributed by atoms with Crippen LogP contribution < -0.4 is 0 Å². The predicted molar refractivity (Wildman–Crippen MR) is 60.0 cm³/mol. The molecule has 0 amide bonds. The van der Waals surface area contributed by atoms with Gasteiger partial charge in [-0.3, -0.25) is 0 Å². The van der Waals surface area contributed by atoms with Crippen molar-refractivity contribution in [2.75, 3.05) is 0 Å². The molecule has 0 bridgehead atoms. The topological polar surface area (TPSA) is 55.1 Å². The molecule has 17 heavy (non-hydrogen) atoms. The summed E-state index contributed by atoms with van der Waals surface area (Å²) in [6.45, 7) is 3.46. The van der Waals surface area contributed by atoms with E-state index in [1.54, 1.807) is 26.0 Å². The molecule has 1 N–H and O–H groups in total. The number of nitrogens with zero attached hydrogens (tertiary/aromatic N) is 2. The molecule has 0 aliphatic rings. The molecule has 5 heteroatoms. The van der Waals surface area contributed by atoms with E-state index in [0.717, 1.165) is 5.56 Å². The van der Waals surface area contributed by atoms with Gasteiger partial charge in [0.25, 0.3) is 0 Å². The van der Waals surface area contributed by atoms with Crippen molar-refractivity contribution in [3.63, 3.8) is 0 Å². The van der Waals surface area contributed by atoms with Crippen LogP contribution in [0, 0.1) is 19.7 Å². The van der Waals surface area contributed by atoms with E-state index in [1.807, 2.05) is 0 Å². The van der Waals surface area contributed by atoms with Crippen molar-refractivity contribution >= 4 is 5.97 Å². The Morgan fingerprint density at radius 1 is 1.35 bits per heavy atom. The van der Waals surface area contributed by atoms with Crippen LogP contribution in [0.5, 0.6) is 0 Å². The quantitative estimate of drug-likeness (QED) is 0.867. The molecule has 0 fully saturated rings. The minimum atomic E-state index is -1.13. The zero-order valence-electron chi connectivity index (χ0n) is 9.44. The Kier molecular flexibility index (Phi) is 2.67. The number of carboxylic acid groups (broad SMARTS) is 1. The zero-order valence-corrected chi connectivity index (χ0v) is 9.44. The molecule has 2 rings (SSSR count). The first-order valence-corrected chi connectivity index (χ1v) is 5.05. The summed E-state index contributed by atoms with van der Waals surface area (Å²) in [5.74, 6) is -1.55. The average Bonchev–Trinajstić information content (AvgIpc) is 2.61. The van der Waals surface area contributed by atoms with E-state index in [0.29, 0.717) is 5.69 Å². The van der Waals surface area contributed by atoms with Gasteiger partial charge in [0, 0.05) is 5.69 Å². The summed E-state index contributed by atoms with van der Waals surface area (Å²) in [6, 6.07) is 6.12. The van der Waals surface area contributed by atoms with E-state index in [-0.39, 0.29) is 11.4 Å². The minimum absolute atomic E-state index is 0.0949. The molecule has 1 aromatic heterocycles. The molecule has 0 unspecified atom stereocenters. The van der Waals surface area contributed by atoms with Crippen molar-refractivity contribution in [3.05, 3.63) is 47.0 Å². The average molecular weight is 234 g/mol. The summed E-state index contributed by atoms with van der Waals surface area (Å²) in [4.78, 5) is 10.8. The van der Waals surface area contributed by atoms with Gasteiger partial charge in [-0.05, 0) is 37.6 Å². The SMILES string of the molecule is Cc1ccc(-n2nc(C(=O)O)cc2C)c(F)c1. The second-order valence-electron chi connectivity index (χ2n) is 3.84. The third-order valence-electron chi connectivity index (χ3n) is 2.44. The smallest absolute Gasteiger partial charge is 0.356 e. The van der Waals surface area contributed by atoms with Gasteiger partial charge in [-0.2, -0.15) is 5.10 Å². The molecule has 0 saturated heterocycles. The zero-order chi connectivity index (χ0) is 12.6. The molecular weight excluding hydrogens is 223 g/mol. The van der Waals surface area contributed by atoms with Crippen LogP contribution in [0.1, 0.15) is 21.7 Å². The molecule has 0 aliphatic carbocycles. The fourth-order valence-corrected chi connectivity index (χ4v) is 1.61. The normalized spacial score (nSPS) is 10.5. The van der Waals surface area contributed by atoms with Crippen LogP contribution in [-0.2, 0) is 0 Å². The van der Waals surface area contributed by atoms with Gasteiger partial charge in [-0.25, -0.2) is 13.9 Å². The van der Waals surface area contributed by atoms with Crippen molar-refractivity contribution in [1.82, 2.24) is 9.78 Å². The molecule has 88 valence electrons. The molecule has 2 aromatic rings. The number of aromatic nitrogens is 2. The molecule has 0 spiro atoms. The van der Waals surface area contributed by atoms with Gasteiger partial charge < -0.3 is 5.11 Å². The van der Waals surface area contributed by atoms with Crippen LogP contribution in [0.2, 0.25) is 0 Å². The van der Waals surface area contributed by atoms with Crippen molar-refractivity contribution in [1.29, 1.82) is 0 Å². The largest absolute Gasteiger partial charge is 0.476 e. The molecule has 1 aromatic carbocycles. The van der Waals surface area contributed by atoms with Crippen LogP contribution in [0.25, 0.3) is 5.69 Å². The molecule has 4 nitrogen and oxygen atoms in total. The molecular formula is C12H11FN2O2. The Hall–Kier alpha value is -2.17. The Morgan fingerprint density at radius 2 is 2.06 bits per heavy atom. The second-order valence-corrected chi connectivity index (χ2v) is 3.84. The maximum atomic E-state index is 13.7. The molecule has 0 atom stereocenters. The summed E-state index contributed by atoms with van der Waals surface area (Å²) >= 11 is 0. The predicted octanol–water partition coefficient (Wildman–Crippen LogP) is 2.33. The number of rotatable bonds is 2. The van der Waals surface area contributed by atoms with Crippen molar-refractivity contribution in [3.8, 4) is 5.69 Å². The third-order valence-corrected chi connectivity index (χ3v) is 2.44. The van der Waals surface area contributed by atoms with Gasteiger partial charge >= 0.3 is 5.97 Å². The Balaban J connectivity index is 2.56. The number of carbonyl (C=O) groups is 1. The maximum absolute atomic E-state index is 13.7. The first-order chi connectivity index (χ1) is 7.99. The second kappa shape index (κ2) is 4.01. The van der Waals surface area contributed by atoms with Crippen molar-refractivity contribution in [2.24, 2.45) is 0 Å². The fourth-order valence-electron chi connectivity index (χ4n) is 1.61. The van der Waals surface area contributed by atoms with Crippen molar-refractivity contribution in [2.45, 2.75) is 13.8 Å². The van der Waals surface area contributed by atoms with Crippen LogP contribution in [0.3, 0.4) is 0 Å². The van der Waals surface area contributed by atoms with Gasteiger partial charge in [0.1, 0.15) is 11.5 Å². The number of aryl methyl sites for hydroxylation is 2. The standard InChI is InChI=1S/C12H11FN2O2/c1-7-3-4-11(9(13)5-7)15-8(2)6-10(14-15)12(16)17/h3-6H,1-2H3,(H,16,17). The van der Waals surface area contributed by atoms with Gasteiger partial charge in [-0.15, -0.1) is 0 Å².